The van der Waals surface area contributed by atoms with Gasteiger partial charge in [-0.2, -0.15) is 0 Å². The number of nitrogens with zero attached hydrogens (tertiary/aromatic N) is 2. The van der Waals surface area contributed by atoms with Crippen LogP contribution >= 0.6 is 23.1 Å². The maximum atomic E-state index is 12.1. The molecule has 0 radical (unpaired) electrons. The SMILES string of the molecule is COc1cccc(NC(=O)CSc2nnc(Nc3ccc(C)c(C)c3)s2)c1. The molecule has 1 amide bonds. The zero-order valence-corrected chi connectivity index (χ0v) is 16.9. The van der Waals surface area contributed by atoms with Crippen LogP contribution in [-0.4, -0.2) is 29.0 Å². The molecule has 2 N–H and O–H groups in total. The van der Waals surface area contributed by atoms with Crippen LogP contribution in [0.5, 0.6) is 5.75 Å². The van der Waals surface area contributed by atoms with Crippen LogP contribution in [0.2, 0.25) is 0 Å². The van der Waals surface area contributed by atoms with Crippen LogP contribution in [-0.2, 0) is 4.79 Å². The Balaban J connectivity index is 1.52. The number of hydrogen-bond donors (Lipinski definition) is 2. The number of aryl methyl sites for hydroxylation is 2. The van der Waals surface area contributed by atoms with Gasteiger partial charge in [0.05, 0.1) is 12.9 Å². The van der Waals surface area contributed by atoms with Crippen LogP contribution in [0.1, 0.15) is 11.1 Å². The van der Waals surface area contributed by atoms with E-state index >= 15 is 0 Å². The van der Waals surface area contributed by atoms with Gasteiger partial charge < -0.3 is 15.4 Å². The van der Waals surface area contributed by atoms with Gasteiger partial charge in [0.2, 0.25) is 11.0 Å². The van der Waals surface area contributed by atoms with Gasteiger partial charge >= 0.3 is 0 Å². The maximum Gasteiger partial charge on any atom is 0.234 e. The van der Waals surface area contributed by atoms with Crippen molar-refractivity contribution in [1.29, 1.82) is 0 Å². The number of amides is 1. The van der Waals surface area contributed by atoms with Gasteiger partial charge in [-0.05, 0) is 49.2 Å². The molecule has 8 heteroatoms. The number of aromatic nitrogens is 2. The van der Waals surface area contributed by atoms with Crippen LogP contribution in [0.4, 0.5) is 16.5 Å². The van der Waals surface area contributed by atoms with Crippen molar-refractivity contribution < 1.29 is 9.53 Å². The minimum atomic E-state index is -0.105. The van der Waals surface area contributed by atoms with E-state index in [1.807, 2.05) is 24.3 Å². The molecule has 0 spiro atoms. The molecule has 0 fully saturated rings. The van der Waals surface area contributed by atoms with Crippen molar-refractivity contribution in [3.05, 3.63) is 53.6 Å². The second-order valence-electron chi connectivity index (χ2n) is 5.87. The number of benzene rings is 2. The topological polar surface area (TPSA) is 76.1 Å². The third-order valence-electron chi connectivity index (χ3n) is 3.84. The Morgan fingerprint density at radius 1 is 1.11 bits per heavy atom. The lowest BCUT2D eigenvalue weighted by molar-refractivity contribution is -0.113. The van der Waals surface area contributed by atoms with E-state index < -0.39 is 0 Å². The van der Waals surface area contributed by atoms with Crippen LogP contribution in [0.15, 0.2) is 46.8 Å². The third kappa shape index (κ3) is 5.45. The van der Waals surface area contributed by atoms with Crippen molar-refractivity contribution in [2.75, 3.05) is 23.5 Å². The number of anilines is 3. The summed E-state index contributed by atoms with van der Waals surface area (Å²) in [5.74, 6) is 0.855. The highest BCUT2D eigenvalue weighted by atomic mass is 32.2. The number of nitrogens with one attached hydrogen (secondary N) is 2. The monoisotopic (exact) mass is 400 g/mol. The van der Waals surface area contributed by atoms with E-state index in [0.717, 1.165) is 10.0 Å². The molecule has 140 valence electrons. The molecule has 3 rings (SSSR count). The lowest BCUT2D eigenvalue weighted by Crippen LogP contribution is -2.13. The fraction of sp³-hybridized carbons (Fsp3) is 0.211. The van der Waals surface area contributed by atoms with Crippen LogP contribution in [0, 0.1) is 13.8 Å². The second-order valence-corrected chi connectivity index (χ2v) is 8.07. The summed E-state index contributed by atoms with van der Waals surface area (Å²) in [5, 5.41) is 15.1. The van der Waals surface area contributed by atoms with Gasteiger partial charge in [0, 0.05) is 17.4 Å². The van der Waals surface area contributed by atoms with Crippen molar-refractivity contribution >= 4 is 45.5 Å². The molecule has 2 aromatic carbocycles. The van der Waals surface area contributed by atoms with Crippen LogP contribution in [0.3, 0.4) is 0 Å². The minimum absolute atomic E-state index is 0.105. The quantitative estimate of drug-likeness (QED) is 0.563. The van der Waals surface area contributed by atoms with E-state index in [9.17, 15) is 4.79 Å². The maximum absolute atomic E-state index is 12.1. The second kappa shape index (κ2) is 8.88. The Kier molecular flexibility index (Phi) is 6.31. The van der Waals surface area contributed by atoms with Crippen molar-refractivity contribution in [3.63, 3.8) is 0 Å². The van der Waals surface area contributed by atoms with Gasteiger partial charge in [-0.1, -0.05) is 35.2 Å². The Labute approximate surface area is 166 Å². The fourth-order valence-electron chi connectivity index (χ4n) is 2.29. The molecule has 0 aliphatic rings. The predicted molar refractivity (Wildman–Crippen MR) is 111 cm³/mol. The van der Waals surface area contributed by atoms with Gasteiger partial charge in [-0.3, -0.25) is 4.79 Å². The Morgan fingerprint density at radius 3 is 2.74 bits per heavy atom. The molecule has 1 aromatic heterocycles. The average Bonchev–Trinajstić information content (AvgIpc) is 3.10. The number of hydrogen-bond acceptors (Lipinski definition) is 7. The Bertz CT molecular complexity index is 943. The largest absolute Gasteiger partial charge is 0.497 e. The molecule has 0 aliphatic heterocycles. The smallest absolute Gasteiger partial charge is 0.234 e. The molecule has 0 bridgehead atoms. The van der Waals surface area contributed by atoms with Gasteiger partial charge in [0.25, 0.3) is 0 Å². The van der Waals surface area contributed by atoms with Crippen molar-refractivity contribution in [2.24, 2.45) is 0 Å². The van der Waals surface area contributed by atoms with Crippen LogP contribution < -0.4 is 15.4 Å². The first-order valence-electron chi connectivity index (χ1n) is 8.28. The van der Waals surface area contributed by atoms with E-state index in [0.29, 0.717) is 16.6 Å². The number of carbonyl (C=O) groups is 1. The summed E-state index contributed by atoms with van der Waals surface area (Å²) >= 11 is 2.78. The lowest BCUT2D eigenvalue weighted by atomic mass is 10.1. The van der Waals surface area contributed by atoms with Crippen molar-refractivity contribution in [1.82, 2.24) is 10.2 Å². The van der Waals surface area contributed by atoms with E-state index in [4.69, 9.17) is 4.74 Å². The van der Waals surface area contributed by atoms with Crippen LogP contribution in [0.25, 0.3) is 0 Å². The van der Waals surface area contributed by atoms with E-state index in [2.05, 4.69) is 46.8 Å². The van der Waals surface area contributed by atoms with Crippen molar-refractivity contribution in [3.8, 4) is 5.75 Å². The molecule has 0 saturated carbocycles. The standard InChI is InChI=1S/C19H20N4O2S2/c1-12-7-8-15(9-13(12)2)21-18-22-23-19(27-18)26-11-17(24)20-14-5-4-6-16(10-14)25-3/h4-10H,11H2,1-3H3,(H,20,24)(H,21,22). The average molecular weight is 401 g/mol. The van der Waals surface area contributed by atoms with Gasteiger partial charge in [-0.25, -0.2) is 0 Å². The minimum Gasteiger partial charge on any atom is -0.497 e. The number of carbonyl (C=O) groups excluding carboxylic acids is 1. The molecule has 0 aliphatic carbocycles. The normalized spacial score (nSPS) is 10.5. The molecule has 0 saturated heterocycles. The Morgan fingerprint density at radius 2 is 1.96 bits per heavy atom. The molecule has 3 aromatic rings. The molecular formula is C19H20N4O2S2. The van der Waals surface area contributed by atoms with Gasteiger partial charge in [0.15, 0.2) is 4.34 Å². The summed E-state index contributed by atoms with van der Waals surface area (Å²) in [6.07, 6.45) is 0. The molecule has 27 heavy (non-hydrogen) atoms. The third-order valence-corrected chi connectivity index (χ3v) is 5.82. The highest BCUT2D eigenvalue weighted by molar-refractivity contribution is 8.01. The first-order valence-corrected chi connectivity index (χ1v) is 10.1. The number of ether oxygens (including phenoxy) is 1. The molecule has 0 unspecified atom stereocenters. The summed E-state index contributed by atoms with van der Waals surface area (Å²) in [5.41, 5.74) is 4.14. The first-order chi connectivity index (χ1) is 13.0. The first kappa shape index (κ1) is 19.2. The van der Waals surface area contributed by atoms with E-state index in [-0.39, 0.29) is 11.7 Å². The molecular weight excluding hydrogens is 380 g/mol. The predicted octanol–water partition coefficient (Wildman–Crippen LogP) is 4.64. The fourth-order valence-corrected chi connectivity index (χ4v) is 3.86. The van der Waals surface area contributed by atoms with Crippen molar-refractivity contribution in [2.45, 2.75) is 18.2 Å². The molecule has 0 atom stereocenters. The number of thioether (sulfide) groups is 1. The molecule has 1 heterocycles. The van der Waals surface area contributed by atoms with E-state index in [1.54, 1.807) is 13.2 Å². The summed E-state index contributed by atoms with van der Waals surface area (Å²) in [6.45, 7) is 4.15. The number of methoxy groups -OCH3 is 1. The van der Waals surface area contributed by atoms with Gasteiger partial charge in [0.1, 0.15) is 5.75 Å². The zero-order chi connectivity index (χ0) is 19.2. The summed E-state index contributed by atoms with van der Waals surface area (Å²) in [6, 6.07) is 13.4. The summed E-state index contributed by atoms with van der Waals surface area (Å²) in [4.78, 5) is 12.1. The summed E-state index contributed by atoms with van der Waals surface area (Å²) < 4.78 is 5.89. The van der Waals surface area contributed by atoms with E-state index in [1.165, 1.54) is 34.2 Å². The highest BCUT2D eigenvalue weighted by Gasteiger charge is 2.09. The number of rotatable bonds is 7. The lowest BCUT2D eigenvalue weighted by Gasteiger charge is -2.06. The molecule has 6 nitrogen and oxygen atoms in total. The highest BCUT2D eigenvalue weighted by Crippen LogP contribution is 2.28. The summed E-state index contributed by atoms with van der Waals surface area (Å²) in [7, 11) is 1.59. The van der Waals surface area contributed by atoms with Gasteiger partial charge in [-0.15, -0.1) is 10.2 Å². The Hall–Kier alpha value is -2.58. The zero-order valence-electron chi connectivity index (χ0n) is 15.3.